The molecule has 0 saturated carbocycles. The summed E-state index contributed by atoms with van der Waals surface area (Å²) in [5.74, 6) is -0.167. The van der Waals surface area contributed by atoms with Gasteiger partial charge in [-0.1, -0.05) is 12.1 Å². The lowest BCUT2D eigenvalue weighted by Crippen LogP contribution is -2.28. The number of likely N-dealkylation sites (N-methyl/N-ethyl adjacent to an activating group) is 1. The molecular formula is C15H20FN3. The Morgan fingerprint density at radius 3 is 2.84 bits per heavy atom. The lowest BCUT2D eigenvalue weighted by Gasteiger charge is -2.15. The molecule has 3 nitrogen and oxygen atoms in total. The Morgan fingerprint density at radius 2 is 2.21 bits per heavy atom. The lowest BCUT2D eigenvalue weighted by atomic mass is 10.0. The molecule has 0 spiro atoms. The van der Waals surface area contributed by atoms with Gasteiger partial charge in [-0.05, 0) is 49.6 Å². The molecule has 0 aliphatic carbocycles. The van der Waals surface area contributed by atoms with Crippen LogP contribution in [0.25, 0.3) is 0 Å². The van der Waals surface area contributed by atoms with Crippen molar-refractivity contribution >= 4 is 0 Å². The van der Waals surface area contributed by atoms with Gasteiger partial charge in [0.2, 0.25) is 0 Å². The van der Waals surface area contributed by atoms with Gasteiger partial charge in [0.25, 0.3) is 0 Å². The summed E-state index contributed by atoms with van der Waals surface area (Å²) >= 11 is 0. The summed E-state index contributed by atoms with van der Waals surface area (Å²) in [6.45, 7) is 0. The van der Waals surface area contributed by atoms with E-state index in [2.05, 4.69) is 10.4 Å². The molecule has 1 N–H and O–H groups in total. The number of nitrogens with zero attached hydrogens (tertiary/aromatic N) is 2. The van der Waals surface area contributed by atoms with Crippen LogP contribution in [0.5, 0.6) is 0 Å². The number of aryl methyl sites for hydroxylation is 2. The third kappa shape index (κ3) is 4.17. The Labute approximate surface area is 113 Å². The van der Waals surface area contributed by atoms with E-state index in [1.165, 1.54) is 11.6 Å². The van der Waals surface area contributed by atoms with Crippen molar-refractivity contribution in [3.8, 4) is 0 Å². The molecule has 0 radical (unpaired) electrons. The van der Waals surface area contributed by atoms with Crippen molar-refractivity contribution in [2.24, 2.45) is 7.05 Å². The molecule has 0 amide bonds. The number of rotatable bonds is 6. The van der Waals surface area contributed by atoms with Crippen molar-refractivity contribution in [1.29, 1.82) is 0 Å². The van der Waals surface area contributed by atoms with E-state index in [-0.39, 0.29) is 5.82 Å². The van der Waals surface area contributed by atoms with Gasteiger partial charge in [0.1, 0.15) is 5.82 Å². The van der Waals surface area contributed by atoms with Crippen LogP contribution in [0, 0.1) is 5.82 Å². The quantitative estimate of drug-likeness (QED) is 0.865. The SMILES string of the molecule is CNC(CCc1cnn(C)c1)Cc1cccc(F)c1. The molecule has 1 aromatic heterocycles. The highest BCUT2D eigenvalue weighted by Crippen LogP contribution is 2.11. The molecule has 0 fully saturated rings. The van der Waals surface area contributed by atoms with E-state index in [0.29, 0.717) is 6.04 Å². The van der Waals surface area contributed by atoms with Gasteiger partial charge < -0.3 is 5.32 Å². The molecule has 19 heavy (non-hydrogen) atoms. The predicted molar refractivity (Wildman–Crippen MR) is 74.5 cm³/mol. The summed E-state index contributed by atoms with van der Waals surface area (Å²) in [7, 11) is 3.87. The maximum atomic E-state index is 13.1. The Balaban J connectivity index is 1.89. The van der Waals surface area contributed by atoms with Crippen LogP contribution in [0.1, 0.15) is 17.5 Å². The minimum Gasteiger partial charge on any atom is -0.317 e. The normalized spacial score (nSPS) is 12.6. The van der Waals surface area contributed by atoms with Crippen molar-refractivity contribution in [1.82, 2.24) is 15.1 Å². The lowest BCUT2D eigenvalue weighted by molar-refractivity contribution is 0.518. The smallest absolute Gasteiger partial charge is 0.123 e. The topological polar surface area (TPSA) is 29.9 Å². The number of halogens is 1. The number of hydrogen-bond donors (Lipinski definition) is 1. The monoisotopic (exact) mass is 261 g/mol. The summed E-state index contributed by atoms with van der Waals surface area (Å²) in [6, 6.07) is 7.17. The highest BCUT2D eigenvalue weighted by molar-refractivity contribution is 5.17. The molecule has 1 heterocycles. The summed E-state index contributed by atoms with van der Waals surface area (Å²) in [4.78, 5) is 0. The Bertz CT molecular complexity index is 522. The first kappa shape index (κ1) is 13.7. The fourth-order valence-corrected chi connectivity index (χ4v) is 2.24. The van der Waals surface area contributed by atoms with Crippen molar-refractivity contribution in [3.63, 3.8) is 0 Å². The van der Waals surface area contributed by atoms with Crippen LogP contribution in [-0.4, -0.2) is 22.9 Å². The van der Waals surface area contributed by atoms with Gasteiger partial charge in [-0.15, -0.1) is 0 Å². The van der Waals surface area contributed by atoms with E-state index < -0.39 is 0 Å². The fraction of sp³-hybridized carbons (Fsp3) is 0.400. The van der Waals surface area contributed by atoms with E-state index in [1.807, 2.05) is 37.2 Å². The largest absolute Gasteiger partial charge is 0.317 e. The van der Waals surface area contributed by atoms with Gasteiger partial charge in [0.05, 0.1) is 6.20 Å². The first-order chi connectivity index (χ1) is 9.17. The van der Waals surface area contributed by atoms with E-state index in [4.69, 9.17) is 0 Å². The zero-order valence-electron chi connectivity index (χ0n) is 11.4. The molecule has 2 aromatic rings. The van der Waals surface area contributed by atoms with Crippen LogP contribution < -0.4 is 5.32 Å². The Morgan fingerprint density at radius 1 is 1.37 bits per heavy atom. The average Bonchev–Trinajstić information content (AvgIpc) is 2.80. The minimum atomic E-state index is -0.167. The van der Waals surface area contributed by atoms with Crippen LogP contribution in [0.15, 0.2) is 36.7 Å². The molecule has 0 aliphatic rings. The average molecular weight is 261 g/mol. The van der Waals surface area contributed by atoms with E-state index in [1.54, 1.807) is 12.1 Å². The first-order valence-electron chi connectivity index (χ1n) is 6.56. The molecule has 0 aliphatic heterocycles. The van der Waals surface area contributed by atoms with Crippen LogP contribution in [0.4, 0.5) is 4.39 Å². The molecular weight excluding hydrogens is 241 g/mol. The Kier molecular flexibility index (Phi) is 4.68. The number of nitrogens with one attached hydrogen (secondary N) is 1. The molecule has 1 atom stereocenters. The number of hydrogen-bond acceptors (Lipinski definition) is 2. The molecule has 4 heteroatoms. The van der Waals surface area contributed by atoms with Crippen molar-refractivity contribution in [3.05, 3.63) is 53.6 Å². The fourth-order valence-electron chi connectivity index (χ4n) is 2.24. The summed E-state index contributed by atoms with van der Waals surface area (Å²) in [5, 5.41) is 7.46. The maximum absolute atomic E-state index is 13.1. The predicted octanol–water partition coefficient (Wildman–Crippen LogP) is 2.32. The van der Waals surface area contributed by atoms with E-state index >= 15 is 0 Å². The van der Waals surface area contributed by atoms with Gasteiger partial charge in [0.15, 0.2) is 0 Å². The Hall–Kier alpha value is -1.68. The number of aromatic nitrogens is 2. The van der Waals surface area contributed by atoms with Gasteiger partial charge in [-0.2, -0.15) is 5.10 Å². The van der Waals surface area contributed by atoms with Crippen molar-refractivity contribution < 1.29 is 4.39 Å². The third-order valence-corrected chi connectivity index (χ3v) is 3.32. The minimum absolute atomic E-state index is 0.167. The summed E-state index contributed by atoms with van der Waals surface area (Å²) in [6.07, 6.45) is 6.77. The number of benzene rings is 1. The van der Waals surface area contributed by atoms with Crippen LogP contribution >= 0.6 is 0 Å². The van der Waals surface area contributed by atoms with E-state index in [0.717, 1.165) is 24.8 Å². The molecule has 1 unspecified atom stereocenters. The zero-order valence-corrected chi connectivity index (χ0v) is 11.4. The summed E-state index contributed by atoms with van der Waals surface area (Å²) < 4.78 is 15.0. The first-order valence-corrected chi connectivity index (χ1v) is 6.56. The second-order valence-corrected chi connectivity index (χ2v) is 4.88. The molecule has 1 aromatic carbocycles. The van der Waals surface area contributed by atoms with Crippen molar-refractivity contribution in [2.45, 2.75) is 25.3 Å². The van der Waals surface area contributed by atoms with Crippen LogP contribution in [0.3, 0.4) is 0 Å². The molecule has 102 valence electrons. The second kappa shape index (κ2) is 6.48. The van der Waals surface area contributed by atoms with Crippen molar-refractivity contribution in [2.75, 3.05) is 7.05 Å². The van der Waals surface area contributed by atoms with Gasteiger partial charge >= 0.3 is 0 Å². The molecule has 0 bridgehead atoms. The third-order valence-electron chi connectivity index (χ3n) is 3.32. The van der Waals surface area contributed by atoms with E-state index in [9.17, 15) is 4.39 Å². The van der Waals surface area contributed by atoms with Gasteiger partial charge in [-0.25, -0.2) is 4.39 Å². The molecule has 0 saturated heterocycles. The van der Waals surface area contributed by atoms with Crippen LogP contribution in [0.2, 0.25) is 0 Å². The second-order valence-electron chi connectivity index (χ2n) is 4.88. The van der Waals surface area contributed by atoms with Crippen LogP contribution in [-0.2, 0) is 19.9 Å². The maximum Gasteiger partial charge on any atom is 0.123 e. The highest BCUT2D eigenvalue weighted by atomic mass is 19.1. The van der Waals surface area contributed by atoms with Gasteiger partial charge in [-0.3, -0.25) is 4.68 Å². The molecule has 2 rings (SSSR count). The highest BCUT2D eigenvalue weighted by Gasteiger charge is 2.09. The summed E-state index contributed by atoms with van der Waals surface area (Å²) in [5.41, 5.74) is 2.27. The standard InChI is InChI=1S/C15H20FN3/c1-17-15(7-6-13-10-18-19(2)11-13)9-12-4-3-5-14(16)8-12/h3-5,8,10-11,15,17H,6-7,9H2,1-2H3. The zero-order chi connectivity index (χ0) is 13.7. The van der Waals surface area contributed by atoms with Gasteiger partial charge in [0, 0.05) is 19.3 Å².